The molecule has 1 saturated heterocycles. The number of aromatic nitrogens is 3. The summed E-state index contributed by atoms with van der Waals surface area (Å²) in [7, 11) is 0. The number of carbonyl (C=O) groups excluding carboxylic acids is 1. The van der Waals surface area contributed by atoms with Gasteiger partial charge < -0.3 is 20.6 Å². The molecule has 0 bridgehead atoms. The molecular weight excluding hydrogens is 480 g/mol. The van der Waals surface area contributed by atoms with E-state index in [1.165, 1.54) is 0 Å². The van der Waals surface area contributed by atoms with E-state index in [1.807, 2.05) is 41.7 Å². The molecule has 5 atom stereocenters. The summed E-state index contributed by atoms with van der Waals surface area (Å²) in [5, 5.41) is 17.8. The SMILES string of the molecule is CSc1cnc(N[C@H]2CC[C@H](Nc3nc4ccc(C(=O)N5CC6CC(O)C[C@H]6C5)cc4s3)C2)nc1. The van der Waals surface area contributed by atoms with Crippen LogP contribution in [0.3, 0.4) is 0 Å². The minimum absolute atomic E-state index is 0.0937. The van der Waals surface area contributed by atoms with Crippen LogP contribution >= 0.6 is 23.1 Å². The number of thiazole rings is 1. The van der Waals surface area contributed by atoms with Gasteiger partial charge in [0, 0.05) is 48.0 Å². The van der Waals surface area contributed by atoms with Crippen LogP contribution in [0.1, 0.15) is 42.5 Å². The van der Waals surface area contributed by atoms with Crippen LogP contribution in [0.25, 0.3) is 10.2 Å². The third kappa shape index (κ3) is 4.83. The Hall–Kier alpha value is -2.43. The summed E-state index contributed by atoms with van der Waals surface area (Å²) in [5.74, 6) is 1.67. The Morgan fingerprint density at radius 3 is 2.51 bits per heavy atom. The maximum absolute atomic E-state index is 13.1. The molecule has 3 aromatic rings. The van der Waals surface area contributed by atoms with E-state index < -0.39 is 0 Å². The number of rotatable bonds is 6. The van der Waals surface area contributed by atoms with E-state index in [9.17, 15) is 9.90 Å². The van der Waals surface area contributed by atoms with Gasteiger partial charge in [-0.2, -0.15) is 0 Å². The van der Waals surface area contributed by atoms with Gasteiger partial charge in [-0.1, -0.05) is 11.3 Å². The van der Waals surface area contributed by atoms with Crippen molar-refractivity contribution in [2.24, 2.45) is 11.8 Å². The molecule has 3 fully saturated rings. The number of hydrogen-bond donors (Lipinski definition) is 3. The van der Waals surface area contributed by atoms with E-state index in [2.05, 4.69) is 20.6 Å². The molecule has 3 heterocycles. The smallest absolute Gasteiger partial charge is 0.253 e. The molecule has 10 heteroatoms. The number of thioether (sulfide) groups is 1. The highest BCUT2D eigenvalue weighted by atomic mass is 32.2. The highest BCUT2D eigenvalue weighted by molar-refractivity contribution is 7.98. The van der Waals surface area contributed by atoms with Crippen molar-refractivity contribution in [1.82, 2.24) is 19.9 Å². The number of carbonyl (C=O) groups is 1. The van der Waals surface area contributed by atoms with E-state index in [0.717, 1.165) is 71.0 Å². The van der Waals surface area contributed by atoms with Crippen molar-refractivity contribution in [3.05, 3.63) is 36.2 Å². The molecule has 2 saturated carbocycles. The minimum atomic E-state index is -0.187. The maximum Gasteiger partial charge on any atom is 0.253 e. The van der Waals surface area contributed by atoms with E-state index in [1.54, 1.807) is 23.1 Å². The van der Waals surface area contributed by atoms with E-state index in [0.29, 0.717) is 29.9 Å². The fourth-order valence-electron chi connectivity index (χ4n) is 5.83. The number of fused-ring (bicyclic) bond motifs is 2. The van der Waals surface area contributed by atoms with Crippen LogP contribution in [0.5, 0.6) is 0 Å². The quantitative estimate of drug-likeness (QED) is 0.426. The van der Waals surface area contributed by atoms with Gasteiger partial charge in [0.15, 0.2) is 5.13 Å². The van der Waals surface area contributed by atoms with Crippen LogP contribution in [0.4, 0.5) is 11.1 Å². The average molecular weight is 511 g/mol. The van der Waals surface area contributed by atoms with Gasteiger partial charge in [-0.3, -0.25) is 4.79 Å². The molecule has 3 aliphatic rings. The molecule has 2 aliphatic carbocycles. The summed E-state index contributed by atoms with van der Waals surface area (Å²) in [5.41, 5.74) is 1.65. The third-order valence-electron chi connectivity index (χ3n) is 7.61. The first-order valence-corrected chi connectivity index (χ1v) is 14.3. The van der Waals surface area contributed by atoms with Gasteiger partial charge in [0.05, 0.1) is 16.3 Å². The van der Waals surface area contributed by atoms with Gasteiger partial charge in [0.1, 0.15) is 0 Å². The molecule has 1 aliphatic heterocycles. The number of likely N-dealkylation sites (tertiary alicyclic amines) is 1. The number of anilines is 2. The Bertz CT molecular complexity index is 1200. The number of aliphatic hydroxyl groups is 1. The fourth-order valence-corrected chi connectivity index (χ4v) is 7.13. The molecule has 0 radical (unpaired) electrons. The lowest BCUT2D eigenvalue weighted by Crippen LogP contribution is -2.30. The number of hydrogen-bond acceptors (Lipinski definition) is 9. The number of nitrogens with zero attached hydrogens (tertiary/aromatic N) is 4. The standard InChI is InChI=1S/C25H30N6O2S2/c1-34-20-10-26-24(27-11-20)28-17-3-4-18(9-17)29-25-30-21-5-2-14(8-22(21)35-25)23(33)31-12-15-6-19(32)7-16(15)13-31/h2,5,8,10-11,15-19,32H,3-4,6-7,9,12-13H2,1H3,(H,29,30)(H,26,27,28)/t15-,16?,17-,18-,19?/m0/s1. The summed E-state index contributed by atoms with van der Waals surface area (Å²) in [4.78, 5) is 29.7. The number of aliphatic hydroxyl groups excluding tert-OH is 1. The summed E-state index contributed by atoms with van der Waals surface area (Å²) in [6.07, 6.45) is 10.3. The molecule has 1 aromatic carbocycles. The van der Waals surface area contributed by atoms with Crippen LogP contribution in [-0.4, -0.2) is 68.4 Å². The number of nitrogens with one attached hydrogen (secondary N) is 2. The molecule has 2 unspecified atom stereocenters. The summed E-state index contributed by atoms with van der Waals surface area (Å²) < 4.78 is 1.03. The van der Waals surface area contributed by atoms with Crippen molar-refractivity contribution >= 4 is 50.3 Å². The molecule has 0 spiro atoms. The first-order chi connectivity index (χ1) is 17.0. The van der Waals surface area contributed by atoms with Crippen LogP contribution in [-0.2, 0) is 0 Å². The summed E-state index contributed by atoms with van der Waals surface area (Å²) in [6.45, 7) is 1.52. The Labute approximate surface area is 212 Å². The molecule has 35 heavy (non-hydrogen) atoms. The Morgan fingerprint density at radius 1 is 1.09 bits per heavy atom. The Balaban J connectivity index is 1.07. The van der Waals surface area contributed by atoms with Crippen molar-refractivity contribution in [3.63, 3.8) is 0 Å². The lowest BCUT2D eigenvalue weighted by atomic mass is 10.0. The lowest BCUT2D eigenvalue weighted by Gasteiger charge is -2.18. The molecular formula is C25H30N6O2S2. The van der Waals surface area contributed by atoms with E-state index in [-0.39, 0.29) is 12.0 Å². The minimum Gasteiger partial charge on any atom is -0.393 e. The highest BCUT2D eigenvalue weighted by Gasteiger charge is 2.41. The zero-order chi connectivity index (χ0) is 23.9. The first kappa shape index (κ1) is 23.0. The second kappa shape index (κ2) is 9.55. The fraction of sp³-hybridized carbons (Fsp3) is 0.520. The normalized spacial score (nSPS) is 27.9. The second-order valence-corrected chi connectivity index (χ2v) is 11.9. The van der Waals surface area contributed by atoms with Crippen LogP contribution < -0.4 is 10.6 Å². The number of benzene rings is 1. The molecule has 184 valence electrons. The second-order valence-electron chi connectivity index (χ2n) is 10.00. The first-order valence-electron chi connectivity index (χ1n) is 12.3. The van der Waals surface area contributed by atoms with Crippen LogP contribution in [0.2, 0.25) is 0 Å². The van der Waals surface area contributed by atoms with Crippen molar-refractivity contribution in [2.75, 3.05) is 30.0 Å². The van der Waals surface area contributed by atoms with E-state index >= 15 is 0 Å². The van der Waals surface area contributed by atoms with E-state index in [4.69, 9.17) is 4.98 Å². The van der Waals surface area contributed by atoms with Crippen molar-refractivity contribution in [1.29, 1.82) is 0 Å². The molecule has 3 N–H and O–H groups in total. The van der Waals surface area contributed by atoms with Crippen molar-refractivity contribution in [2.45, 2.75) is 55.2 Å². The van der Waals surface area contributed by atoms with Gasteiger partial charge >= 0.3 is 0 Å². The van der Waals surface area contributed by atoms with Crippen LogP contribution in [0.15, 0.2) is 35.5 Å². The van der Waals surface area contributed by atoms with Crippen molar-refractivity contribution < 1.29 is 9.90 Å². The summed E-state index contributed by atoms with van der Waals surface area (Å²) in [6, 6.07) is 6.53. The number of amides is 1. The Kier molecular flexibility index (Phi) is 6.28. The van der Waals surface area contributed by atoms with Gasteiger partial charge in [0.2, 0.25) is 5.95 Å². The third-order valence-corrected chi connectivity index (χ3v) is 9.24. The van der Waals surface area contributed by atoms with Gasteiger partial charge in [-0.15, -0.1) is 11.8 Å². The zero-order valence-corrected chi connectivity index (χ0v) is 21.3. The molecule has 2 aromatic heterocycles. The molecule has 1 amide bonds. The average Bonchev–Trinajstić information content (AvgIpc) is 3.62. The predicted octanol–water partition coefficient (Wildman–Crippen LogP) is 4.10. The monoisotopic (exact) mass is 510 g/mol. The summed E-state index contributed by atoms with van der Waals surface area (Å²) >= 11 is 3.25. The lowest BCUT2D eigenvalue weighted by molar-refractivity contribution is 0.0765. The molecule has 6 rings (SSSR count). The van der Waals surface area contributed by atoms with Gasteiger partial charge in [0.25, 0.3) is 5.91 Å². The van der Waals surface area contributed by atoms with Gasteiger partial charge in [-0.05, 0) is 68.4 Å². The topological polar surface area (TPSA) is 103 Å². The maximum atomic E-state index is 13.1. The van der Waals surface area contributed by atoms with Crippen molar-refractivity contribution in [3.8, 4) is 0 Å². The van der Waals surface area contributed by atoms with Gasteiger partial charge in [-0.25, -0.2) is 15.0 Å². The largest absolute Gasteiger partial charge is 0.393 e. The zero-order valence-electron chi connectivity index (χ0n) is 19.7. The van der Waals surface area contributed by atoms with Crippen LogP contribution in [0, 0.1) is 11.8 Å². The Morgan fingerprint density at radius 2 is 1.80 bits per heavy atom. The predicted molar refractivity (Wildman–Crippen MR) is 140 cm³/mol. The highest BCUT2D eigenvalue weighted by Crippen LogP contribution is 2.39. The molecule has 8 nitrogen and oxygen atoms in total.